The van der Waals surface area contributed by atoms with Gasteiger partial charge in [-0.15, -0.1) is 0 Å². The van der Waals surface area contributed by atoms with E-state index in [2.05, 4.69) is 10.3 Å². The molecular formula is C17H16F3N3O2. The number of nitrogens with one attached hydrogen (secondary N) is 1. The van der Waals surface area contributed by atoms with Crippen molar-refractivity contribution in [3.63, 3.8) is 0 Å². The molecule has 0 unspecified atom stereocenters. The van der Waals surface area contributed by atoms with Crippen molar-refractivity contribution in [2.24, 2.45) is 5.92 Å². The van der Waals surface area contributed by atoms with Crippen LogP contribution in [-0.2, 0) is 6.18 Å². The van der Waals surface area contributed by atoms with Crippen molar-refractivity contribution in [2.75, 3.05) is 25.0 Å². The van der Waals surface area contributed by atoms with Gasteiger partial charge in [0.15, 0.2) is 0 Å². The quantitative estimate of drug-likeness (QED) is 0.915. The molecule has 2 amide bonds. The summed E-state index contributed by atoms with van der Waals surface area (Å²) in [4.78, 5) is 17.5. The molecule has 1 N–H and O–H groups in total. The number of nitrogens with zero attached hydrogens (tertiary/aromatic N) is 2. The molecule has 1 aromatic carbocycles. The van der Waals surface area contributed by atoms with Gasteiger partial charge in [-0.2, -0.15) is 13.2 Å². The molecule has 1 saturated heterocycles. The Morgan fingerprint density at radius 3 is 2.76 bits per heavy atom. The van der Waals surface area contributed by atoms with Crippen LogP contribution in [-0.4, -0.2) is 35.6 Å². The third-order valence-electron chi connectivity index (χ3n) is 3.81. The minimum absolute atomic E-state index is 0.120. The average molecular weight is 351 g/mol. The van der Waals surface area contributed by atoms with E-state index in [1.54, 1.807) is 24.5 Å². The Bertz CT molecular complexity index is 731. The first-order valence-corrected chi connectivity index (χ1v) is 7.68. The highest BCUT2D eigenvalue weighted by atomic mass is 19.4. The molecule has 1 aromatic heterocycles. The van der Waals surface area contributed by atoms with Gasteiger partial charge in [0, 0.05) is 30.9 Å². The van der Waals surface area contributed by atoms with Crippen molar-refractivity contribution in [3.05, 3.63) is 54.4 Å². The third-order valence-corrected chi connectivity index (χ3v) is 3.81. The van der Waals surface area contributed by atoms with Gasteiger partial charge in [0.05, 0.1) is 18.4 Å². The summed E-state index contributed by atoms with van der Waals surface area (Å²) < 4.78 is 43.6. The zero-order valence-corrected chi connectivity index (χ0v) is 13.2. The maximum absolute atomic E-state index is 12.7. The number of rotatable bonds is 4. The molecule has 3 rings (SSSR count). The van der Waals surface area contributed by atoms with Crippen LogP contribution in [0.3, 0.4) is 0 Å². The molecule has 2 heterocycles. The van der Waals surface area contributed by atoms with Gasteiger partial charge in [0.25, 0.3) is 0 Å². The summed E-state index contributed by atoms with van der Waals surface area (Å²) in [6.07, 6.45) is -1.18. The second-order valence-electron chi connectivity index (χ2n) is 5.78. The van der Waals surface area contributed by atoms with E-state index in [1.807, 2.05) is 0 Å². The number of aromatic nitrogens is 1. The monoisotopic (exact) mass is 351 g/mol. The highest BCUT2D eigenvalue weighted by Gasteiger charge is 2.32. The molecule has 1 fully saturated rings. The van der Waals surface area contributed by atoms with E-state index < -0.39 is 17.8 Å². The van der Waals surface area contributed by atoms with E-state index in [0.717, 1.165) is 12.1 Å². The minimum atomic E-state index is -4.44. The highest BCUT2D eigenvalue weighted by molar-refractivity contribution is 5.89. The maximum Gasteiger partial charge on any atom is 0.416 e. The number of urea groups is 1. The lowest BCUT2D eigenvalue weighted by atomic mass is 10.0. The smallest absolute Gasteiger partial charge is 0.416 e. The molecule has 0 spiro atoms. The molecule has 1 aliphatic rings. The molecular weight excluding hydrogens is 335 g/mol. The zero-order valence-electron chi connectivity index (χ0n) is 13.2. The standard InChI is InChI=1S/C17H16F3N3O2/c18-17(19,20)13-3-1-4-14(7-13)22-16(24)23-9-12(10-23)11-25-15-5-2-6-21-8-15/h1-8,12H,9-11H2,(H,22,24). The number of hydrogen-bond acceptors (Lipinski definition) is 3. The zero-order chi connectivity index (χ0) is 17.9. The van der Waals surface area contributed by atoms with Gasteiger partial charge >= 0.3 is 12.2 Å². The molecule has 1 aliphatic heterocycles. The number of ether oxygens (including phenoxy) is 1. The molecule has 2 aromatic rings. The number of benzene rings is 1. The van der Waals surface area contributed by atoms with Crippen molar-refractivity contribution in [1.82, 2.24) is 9.88 Å². The Morgan fingerprint density at radius 2 is 2.08 bits per heavy atom. The van der Waals surface area contributed by atoms with Crippen LogP contribution in [0.2, 0.25) is 0 Å². The number of anilines is 1. The number of halogens is 3. The Balaban J connectivity index is 1.46. The fourth-order valence-corrected chi connectivity index (χ4v) is 2.46. The van der Waals surface area contributed by atoms with Crippen LogP contribution in [0.25, 0.3) is 0 Å². The second kappa shape index (κ2) is 7.00. The summed E-state index contributed by atoms with van der Waals surface area (Å²) >= 11 is 0. The van der Waals surface area contributed by atoms with E-state index in [0.29, 0.717) is 25.4 Å². The lowest BCUT2D eigenvalue weighted by Gasteiger charge is -2.38. The fourth-order valence-electron chi connectivity index (χ4n) is 2.46. The molecule has 0 radical (unpaired) electrons. The van der Waals surface area contributed by atoms with Crippen LogP contribution in [0.4, 0.5) is 23.7 Å². The first kappa shape index (κ1) is 17.1. The average Bonchev–Trinajstić information content (AvgIpc) is 2.54. The third kappa shape index (κ3) is 4.40. The van der Waals surface area contributed by atoms with E-state index >= 15 is 0 Å². The molecule has 132 valence electrons. The van der Waals surface area contributed by atoms with Gasteiger partial charge in [-0.3, -0.25) is 4.98 Å². The normalized spacial score (nSPS) is 14.8. The van der Waals surface area contributed by atoms with Gasteiger partial charge < -0.3 is 15.0 Å². The Labute approximate surface area is 142 Å². The lowest BCUT2D eigenvalue weighted by molar-refractivity contribution is -0.137. The number of carbonyl (C=O) groups excluding carboxylic acids is 1. The van der Waals surface area contributed by atoms with Crippen LogP contribution in [0, 0.1) is 5.92 Å². The van der Waals surface area contributed by atoms with Gasteiger partial charge in [0.1, 0.15) is 5.75 Å². The van der Waals surface area contributed by atoms with Gasteiger partial charge in [0.2, 0.25) is 0 Å². The van der Waals surface area contributed by atoms with Crippen LogP contribution in [0.5, 0.6) is 5.75 Å². The number of hydrogen-bond donors (Lipinski definition) is 1. The molecule has 5 nitrogen and oxygen atoms in total. The summed E-state index contributed by atoms with van der Waals surface area (Å²) in [5.74, 6) is 0.849. The summed E-state index contributed by atoms with van der Waals surface area (Å²) in [5.41, 5.74) is -0.674. The van der Waals surface area contributed by atoms with Crippen molar-refractivity contribution >= 4 is 11.7 Å². The van der Waals surface area contributed by atoms with E-state index in [4.69, 9.17) is 4.74 Å². The van der Waals surface area contributed by atoms with Gasteiger partial charge in [-0.05, 0) is 30.3 Å². The van der Waals surface area contributed by atoms with Crippen molar-refractivity contribution < 1.29 is 22.7 Å². The van der Waals surface area contributed by atoms with Crippen molar-refractivity contribution in [1.29, 1.82) is 0 Å². The highest BCUT2D eigenvalue weighted by Crippen LogP contribution is 2.30. The Morgan fingerprint density at radius 1 is 1.28 bits per heavy atom. The number of alkyl halides is 3. The van der Waals surface area contributed by atoms with E-state index in [-0.39, 0.29) is 11.6 Å². The van der Waals surface area contributed by atoms with Crippen LogP contribution >= 0.6 is 0 Å². The topological polar surface area (TPSA) is 54.5 Å². The van der Waals surface area contributed by atoms with Crippen molar-refractivity contribution in [3.8, 4) is 5.75 Å². The number of carbonyl (C=O) groups is 1. The second-order valence-corrected chi connectivity index (χ2v) is 5.78. The minimum Gasteiger partial charge on any atom is -0.492 e. The molecule has 0 atom stereocenters. The molecule has 0 aliphatic carbocycles. The summed E-state index contributed by atoms with van der Waals surface area (Å²) in [7, 11) is 0. The van der Waals surface area contributed by atoms with Gasteiger partial charge in [-0.1, -0.05) is 6.07 Å². The van der Waals surface area contributed by atoms with Gasteiger partial charge in [-0.25, -0.2) is 4.79 Å². The van der Waals surface area contributed by atoms with Crippen LogP contribution in [0.15, 0.2) is 48.8 Å². The molecule has 25 heavy (non-hydrogen) atoms. The van der Waals surface area contributed by atoms with Crippen LogP contribution < -0.4 is 10.1 Å². The molecule has 0 saturated carbocycles. The van der Waals surface area contributed by atoms with Crippen molar-refractivity contribution in [2.45, 2.75) is 6.18 Å². The Kier molecular flexibility index (Phi) is 4.78. The first-order chi connectivity index (χ1) is 11.9. The SMILES string of the molecule is O=C(Nc1cccc(C(F)(F)F)c1)N1CC(COc2cccnc2)C1. The summed E-state index contributed by atoms with van der Waals surface area (Å²) in [6, 6.07) is 7.71. The number of amides is 2. The predicted molar refractivity (Wildman–Crippen MR) is 85.3 cm³/mol. The number of likely N-dealkylation sites (tertiary alicyclic amines) is 1. The number of pyridine rings is 1. The summed E-state index contributed by atoms with van der Waals surface area (Å²) in [6.45, 7) is 1.44. The summed E-state index contributed by atoms with van der Waals surface area (Å²) in [5, 5.41) is 2.49. The van der Waals surface area contributed by atoms with Crippen LogP contribution in [0.1, 0.15) is 5.56 Å². The molecule has 0 bridgehead atoms. The van der Waals surface area contributed by atoms with E-state index in [9.17, 15) is 18.0 Å². The molecule has 8 heteroatoms. The largest absolute Gasteiger partial charge is 0.492 e. The predicted octanol–water partition coefficient (Wildman–Crippen LogP) is 3.64. The maximum atomic E-state index is 12.7. The lowest BCUT2D eigenvalue weighted by Crippen LogP contribution is -2.53. The Hall–Kier alpha value is -2.77. The fraction of sp³-hybridized carbons (Fsp3) is 0.294. The van der Waals surface area contributed by atoms with E-state index in [1.165, 1.54) is 17.0 Å². The first-order valence-electron chi connectivity index (χ1n) is 7.68.